The number of carbonyl (C=O) groups is 1. The molecule has 0 saturated carbocycles. The van der Waals surface area contributed by atoms with Crippen LogP contribution in [0.5, 0.6) is 11.5 Å². The van der Waals surface area contributed by atoms with Gasteiger partial charge in [-0.1, -0.05) is 18.2 Å². The van der Waals surface area contributed by atoms with E-state index >= 15 is 0 Å². The van der Waals surface area contributed by atoms with Gasteiger partial charge < -0.3 is 19.1 Å². The van der Waals surface area contributed by atoms with Crippen LogP contribution in [0.2, 0.25) is 0 Å². The molecule has 0 aromatic heterocycles. The van der Waals surface area contributed by atoms with Crippen molar-refractivity contribution in [1.82, 2.24) is 0 Å². The lowest BCUT2D eigenvalue weighted by Gasteiger charge is -2.23. The molecule has 2 aromatic rings. The molecule has 3 rings (SSSR count). The van der Waals surface area contributed by atoms with Crippen molar-refractivity contribution >= 4 is 42.1 Å². The van der Waals surface area contributed by atoms with Gasteiger partial charge in [0.15, 0.2) is 10.8 Å². The molecule has 7 heteroatoms. The highest BCUT2D eigenvalue weighted by molar-refractivity contribution is 7.80. The average molecular weight is 389 g/mol. The summed E-state index contributed by atoms with van der Waals surface area (Å²) >= 11 is 9.90. The van der Waals surface area contributed by atoms with Crippen molar-refractivity contribution in [1.29, 1.82) is 0 Å². The topological polar surface area (TPSA) is 48.0 Å². The highest BCUT2D eigenvalue weighted by Crippen LogP contribution is 2.40. The number of benzene rings is 2. The minimum Gasteiger partial charge on any atom is -0.454 e. The number of rotatable bonds is 7. The summed E-state index contributed by atoms with van der Waals surface area (Å²) in [5.74, 6) is 1.44. The second-order valence-corrected chi connectivity index (χ2v) is 6.62. The van der Waals surface area contributed by atoms with Crippen LogP contribution < -0.4 is 9.64 Å². The molecule has 1 saturated heterocycles. The maximum atomic E-state index is 10.2. The minimum atomic E-state index is -0.217. The molecule has 2 aromatic carbocycles. The van der Waals surface area contributed by atoms with Crippen LogP contribution in [0, 0.1) is 0 Å². The van der Waals surface area contributed by atoms with E-state index in [9.17, 15) is 4.79 Å². The van der Waals surface area contributed by atoms with E-state index < -0.39 is 0 Å². The lowest BCUT2D eigenvalue weighted by atomic mass is 10.1. The Morgan fingerprint density at radius 1 is 1.19 bits per heavy atom. The summed E-state index contributed by atoms with van der Waals surface area (Å²) in [6.45, 7) is 2.00. The normalized spacial score (nSPS) is 13.3. The van der Waals surface area contributed by atoms with Crippen LogP contribution in [0.4, 0.5) is 5.69 Å². The Balaban J connectivity index is 1.92. The molecule has 0 spiro atoms. The zero-order valence-electron chi connectivity index (χ0n) is 14.1. The Morgan fingerprint density at radius 3 is 2.62 bits per heavy atom. The van der Waals surface area contributed by atoms with Gasteiger partial charge in [-0.25, -0.2) is 0 Å². The predicted octanol–water partition coefficient (Wildman–Crippen LogP) is 4.19. The van der Waals surface area contributed by atoms with Crippen molar-refractivity contribution in [2.75, 3.05) is 24.8 Å². The van der Waals surface area contributed by atoms with Gasteiger partial charge in [0.25, 0.3) is 6.47 Å². The molecule has 1 fully saturated rings. The Kier molecular flexibility index (Phi) is 6.35. The number of anilines is 1. The number of thiocarbonyl (C=S) groups is 1. The number of hydrogen-bond acceptors (Lipinski definition) is 7. The SMILES string of the molecule is O=COCOC(=S)c1cc(S)c(Oc2ccccc2)c(N2CCCC2)c1. The molecule has 5 nitrogen and oxygen atoms in total. The van der Waals surface area contributed by atoms with E-state index in [1.54, 1.807) is 6.07 Å². The number of ether oxygens (including phenoxy) is 3. The first kappa shape index (κ1) is 18.5. The maximum absolute atomic E-state index is 10.2. The lowest BCUT2D eigenvalue weighted by Crippen LogP contribution is -2.19. The highest BCUT2D eigenvalue weighted by Gasteiger charge is 2.21. The van der Waals surface area contributed by atoms with E-state index in [4.69, 9.17) is 21.7 Å². The number of carbonyl (C=O) groups excluding carboxylic acids is 1. The third kappa shape index (κ3) is 4.47. The van der Waals surface area contributed by atoms with E-state index in [1.807, 2.05) is 36.4 Å². The molecular weight excluding hydrogens is 370 g/mol. The van der Waals surface area contributed by atoms with Crippen molar-refractivity contribution in [2.45, 2.75) is 17.7 Å². The molecule has 26 heavy (non-hydrogen) atoms. The molecule has 0 unspecified atom stereocenters. The van der Waals surface area contributed by atoms with Gasteiger partial charge in [0, 0.05) is 23.5 Å². The first-order valence-corrected chi connectivity index (χ1v) is 9.12. The van der Waals surface area contributed by atoms with Crippen LogP contribution in [-0.4, -0.2) is 31.4 Å². The average Bonchev–Trinajstić information content (AvgIpc) is 3.18. The predicted molar refractivity (Wildman–Crippen MR) is 106 cm³/mol. The zero-order valence-corrected chi connectivity index (χ0v) is 15.8. The van der Waals surface area contributed by atoms with E-state index in [0.717, 1.165) is 37.4 Å². The summed E-state index contributed by atoms with van der Waals surface area (Å²) in [6, 6.07) is 13.3. The van der Waals surface area contributed by atoms with Gasteiger partial charge in [-0.15, -0.1) is 12.6 Å². The van der Waals surface area contributed by atoms with E-state index in [-0.39, 0.29) is 11.8 Å². The van der Waals surface area contributed by atoms with Gasteiger partial charge >= 0.3 is 0 Å². The maximum Gasteiger partial charge on any atom is 0.295 e. The fourth-order valence-corrected chi connectivity index (χ4v) is 3.28. The fourth-order valence-electron chi connectivity index (χ4n) is 2.82. The molecule has 0 amide bonds. The van der Waals surface area contributed by atoms with E-state index in [1.165, 1.54) is 0 Å². The largest absolute Gasteiger partial charge is 0.454 e. The van der Waals surface area contributed by atoms with Crippen LogP contribution in [0.25, 0.3) is 0 Å². The summed E-state index contributed by atoms with van der Waals surface area (Å²) in [6.07, 6.45) is 2.26. The third-order valence-electron chi connectivity index (χ3n) is 4.02. The Hall–Kier alpha value is -2.25. The summed E-state index contributed by atoms with van der Waals surface area (Å²) in [4.78, 5) is 13.2. The van der Waals surface area contributed by atoms with Gasteiger partial charge in [0.2, 0.25) is 6.79 Å². The van der Waals surface area contributed by atoms with Crippen molar-refractivity contribution in [3.05, 3.63) is 48.0 Å². The third-order valence-corrected chi connectivity index (χ3v) is 4.71. The van der Waals surface area contributed by atoms with Crippen molar-refractivity contribution in [3.8, 4) is 11.5 Å². The molecule has 0 N–H and O–H groups in total. The van der Waals surface area contributed by atoms with Crippen LogP contribution in [0.1, 0.15) is 18.4 Å². The van der Waals surface area contributed by atoms with Crippen LogP contribution in [0.15, 0.2) is 47.4 Å². The summed E-state index contributed by atoms with van der Waals surface area (Å²) < 4.78 is 15.9. The van der Waals surface area contributed by atoms with E-state index in [0.29, 0.717) is 22.7 Å². The standard InChI is InChI=1S/C19H19NO4S2/c21-12-22-13-23-19(26)14-10-16(20-8-4-5-9-20)18(17(25)11-14)24-15-6-2-1-3-7-15/h1-3,6-7,10-12,25H,4-5,8-9,13H2. The first-order chi connectivity index (χ1) is 12.7. The second kappa shape index (κ2) is 8.91. The van der Waals surface area contributed by atoms with Gasteiger partial charge in [0.1, 0.15) is 5.75 Å². The molecule has 1 aliphatic rings. The fraction of sp³-hybridized carbons (Fsp3) is 0.263. The molecule has 1 aliphatic heterocycles. The monoisotopic (exact) mass is 389 g/mol. The molecule has 1 heterocycles. The number of para-hydroxylation sites is 1. The Labute approximate surface area is 163 Å². The number of hydrogen-bond donors (Lipinski definition) is 1. The molecule has 0 bridgehead atoms. The molecule has 0 atom stereocenters. The van der Waals surface area contributed by atoms with Crippen LogP contribution in [0.3, 0.4) is 0 Å². The Bertz CT molecular complexity index is 777. The first-order valence-electron chi connectivity index (χ1n) is 8.26. The van der Waals surface area contributed by atoms with Crippen LogP contribution >= 0.6 is 24.8 Å². The van der Waals surface area contributed by atoms with Gasteiger partial charge in [0.05, 0.1) is 5.69 Å². The number of thiol groups is 1. The summed E-state index contributed by atoms with van der Waals surface area (Å²) in [7, 11) is 0. The summed E-state index contributed by atoms with van der Waals surface area (Å²) in [5, 5.41) is 0.244. The van der Waals surface area contributed by atoms with E-state index in [2.05, 4.69) is 22.3 Å². The molecule has 0 aliphatic carbocycles. The Morgan fingerprint density at radius 2 is 1.92 bits per heavy atom. The minimum absolute atomic E-state index is 0.217. The quantitative estimate of drug-likeness (QED) is 0.252. The van der Waals surface area contributed by atoms with Crippen LogP contribution in [-0.2, 0) is 14.3 Å². The van der Waals surface area contributed by atoms with Crippen molar-refractivity contribution in [2.24, 2.45) is 0 Å². The zero-order chi connectivity index (χ0) is 18.4. The van der Waals surface area contributed by atoms with Crippen molar-refractivity contribution < 1.29 is 19.0 Å². The van der Waals surface area contributed by atoms with Gasteiger partial charge in [-0.05, 0) is 49.3 Å². The van der Waals surface area contributed by atoms with Crippen molar-refractivity contribution in [3.63, 3.8) is 0 Å². The number of nitrogens with zero attached hydrogens (tertiary/aromatic N) is 1. The molecular formula is C19H19NO4S2. The highest BCUT2D eigenvalue weighted by atomic mass is 32.1. The van der Waals surface area contributed by atoms with Gasteiger partial charge in [-0.2, -0.15) is 0 Å². The summed E-state index contributed by atoms with van der Waals surface area (Å²) in [5.41, 5.74) is 1.62. The smallest absolute Gasteiger partial charge is 0.295 e. The second-order valence-electron chi connectivity index (χ2n) is 5.77. The van der Waals surface area contributed by atoms with Gasteiger partial charge in [-0.3, -0.25) is 4.79 Å². The molecule has 0 radical (unpaired) electrons. The molecule has 136 valence electrons. The lowest BCUT2D eigenvalue weighted by molar-refractivity contribution is -0.135.